The van der Waals surface area contributed by atoms with E-state index >= 15 is 0 Å². The molecule has 1 aromatic heterocycles. The molecule has 1 heterocycles. The minimum absolute atomic E-state index is 0.182. The van der Waals surface area contributed by atoms with Gasteiger partial charge in [0.2, 0.25) is 0 Å². The van der Waals surface area contributed by atoms with Gasteiger partial charge in [-0.25, -0.2) is 4.99 Å². The Kier molecular flexibility index (Phi) is 5.54. The zero-order valence-corrected chi connectivity index (χ0v) is 14.5. The van der Waals surface area contributed by atoms with Crippen LogP contribution in [-0.2, 0) is 19.1 Å². The van der Waals surface area contributed by atoms with Gasteiger partial charge in [-0.3, -0.25) is 0 Å². The lowest BCUT2D eigenvalue weighted by atomic mass is 10.1. The van der Waals surface area contributed by atoms with Gasteiger partial charge in [0.05, 0.1) is 18.4 Å². The van der Waals surface area contributed by atoms with Crippen LogP contribution >= 0.6 is 0 Å². The number of guanidine groups is 1. The monoisotopic (exact) mass is 365 g/mol. The second-order valence-electron chi connectivity index (χ2n) is 6.58. The van der Waals surface area contributed by atoms with Crippen LogP contribution in [0.4, 0.5) is 13.2 Å². The molecule has 26 heavy (non-hydrogen) atoms. The summed E-state index contributed by atoms with van der Waals surface area (Å²) < 4.78 is 43.8. The Morgan fingerprint density at radius 2 is 2.08 bits per heavy atom. The summed E-state index contributed by atoms with van der Waals surface area (Å²) in [4.78, 5) is 4.45. The summed E-state index contributed by atoms with van der Waals surface area (Å²) in [6.45, 7) is 2.95. The van der Waals surface area contributed by atoms with Crippen LogP contribution in [0.3, 0.4) is 0 Å². The largest absolute Gasteiger partial charge is 0.469 e. The van der Waals surface area contributed by atoms with Crippen LogP contribution < -0.4 is 10.6 Å². The summed E-state index contributed by atoms with van der Waals surface area (Å²) in [6.07, 6.45) is -0.937. The van der Waals surface area contributed by atoms with Crippen molar-refractivity contribution >= 4 is 5.96 Å². The van der Waals surface area contributed by atoms with E-state index in [2.05, 4.69) is 22.5 Å². The second-order valence-corrected chi connectivity index (χ2v) is 6.58. The molecule has 1 aromatic carbocycles. The molecule has 0 saturated heterocycles. The molecule has 0 aliphatic heterocycles. The molecule has 1 aliphatic rings. The van der Waals surface area contributed by atoms with Crippen LogP contribution in [0.1, 0.15) is 30.2 Å². The molecule has 1 saturated carbocycles. The molecular weight excluding hydrogens is 343 g/mol. The SMILES string of the molecule is CC1CC1NC(=NCc1cccc(C(F)(F)F)c1)NCCc1ccco1. The van der Waals surface area contributed by atoms with Crippen molar-refractivity contribution in [3.8, 4) is 0 Å². The van der Waals surface area contributed by atoms with Crippen molar-refractivity contribution in [2.45, 2.75) is 38.5 Å². The van der Waals surface area contributed by atoms with Crippen molar-refractivity contribution in [1.29, 1.82) is 0 Å². The summed E-state index contributed by atoms with van der Waals surface area (Å²) >= 11 is 0. The highest BCUT2D eigenvalue weighted by molar-refractivity contribution is 5.80. The van der Waals surface area contributed by atoms with Crippen LogP contribution in [0.15, 0.2) is 52.1 Å². The molecule has 2 N–H and O–H groups in total. The van der Waals surface area contributed by atoms with Gasteiger partial charge < -0.3 is 15.1 Å². The average molecular weight is 365 g/mol. The molecule has 1 aliphatic carbocycles. The van der Waals surface area contributed by atoms with Crippen LogP contribution in [0.5, 0.6) is 0 Å². The van der Waals surface area contributed by atoms with Crippen molar-refractivity contribution < 1.29 is 17.6 Å². The maximum absolute atomic E-state index is 12.8. The van der Waals surface area contributed by atoms with Gasteiger partial charge in [0.25, 0.3) is 0 Å². The van der Waals surface area contributed by atoms with Gasteiger partial charge in [-0.15, -0.1) is 0 Å². The van der Waals surface area contributed by atoms with E-state index in [1.807, 2.05) is 12.1 Å². The fourth-order valence-corrected chi connectivity index (χ4v) is 2.63. The fourth-order valence-electron chi connectivity index (χ4n) is 2.63. The minimum atomic E-state index is -4.34. The number of nitrogens with zero attached hydrogens (tertiary/aromatic N) is 1. The Balaban J connectivity index is 1.61. The van der Waals surface area contributed by atoms with Crippen LogP contribution in [0.2, 0.25) is 0 Å². The highest BCUT2D eigenvalue weighted by Gasteiger charge is 2.33. The first kappa shape index (κ1) is 18.4. The quantitative estimate of drug-likeness (QED) is 0.601. The van der Waals surface area contributed by atoms with Gasteiger partial charge in [-0.1, -0.05) is 19.1 Å². The van der Waals surface area contributed by atoms with E-state index in [0.717, 1.165) is 24.3 Å². The first-order valence-corrected chi connectivity index (χ1v) is 8.65. The third-order valence-electron chi connectivity index (χ3n) is 4.35. The summed E-state index contributed by atoms with van der Waals surface area (Å²) in [6, 6.07) is 9.38. The topological polar surface area (TPSA) is 49.6 Å². The highest BCUT2D eigenvalue weighted by atomic mass is 19.4. The Morgan fingerprint density at radius 3 is 2.73 bits per heavy atom. The predicted molar refractivity (Wildman–Crippen MR) is 93.7 cm³/mol. The summed E-state index contributed by atoms with van der Waals surface area (Å²) in [7, 11) is 0. The van der Waals surface area contributed by atoms with Crippen LogP contribution in [-0.4, -0.2) is 18.5 Å². The lowest BCUT2D eigenvalue weighted by Crippen LogP contribution is -2.40. The summed E-state index contributed by atoms with van der Waals surface area (Å²) in [5.74, 6) is 2.07. The lowest BCUT2D eigenvalue weighted by Gasteiger charge is -2.12. The van der Waals surface area contributed by atoms with E-state index < -0.39 is 11.7 Å². The lowest BCUT2D eigenvalue weighted by molar-refractivity contribution is -0.137. The standard InChI is InChI=1S/C19H22F3N3O/c1-13-10-17(13)25-18(23-8-7-16-6-3-9-26-16)24-12-14-4-2-5-15(11-14)19(20,21)22/h2-6,9,11,13,17H,7-8,10,12H2,1H3,(H2,23,24,25). The zero-order valence-electron chi connectivity index (χ0n) is 14.5. The summed E-state index contributed by atoms with van der Waals surface area (Å²) in [5.41, 5.74) is -0.128. The molecular formula is C19H22F3N3O. The van der Waals surface area contributed by atoms with Gasteiger partial charge >= 0.3 is 6.18 Å². The van der Waals surface area contributed by atoms with Crippen molar-refractivity contribution in [3.63, 3.8) is 0 Å². The third kappa shape index (κ3) is 5.28. The number of rotatable bonds is 6. The molecule has 4 nitrogen and oxygen atoms in total. The van der Waals surface area contributed by atoms with Gasteiger partial charge in [0.1, 0.15) is 5.76 Å². The first-order valence-electron chi connectivity index (χ1n) is 8.65. The second kappa shape index (κ2) is 7.85. The van der Waals surface area contributed by atoms with Crippen molar-refractivity contribution in [1.82, 2.24) is 10.6 Å². The number of hydrogen-bond donors (Lipinski definition) is 2. The van der Waals surface area contributed by atoms with E-state index in [0.29, 0.717) is 36.4 Å². The van der Waals surface area contributed by atoms with Crippen molar-refractivity contribution in [2.75, 3.05) is 6.54 Å². The molecule has 0 radical (unpaired) electrons. The number of nitrogens with one attached hydrogen (secondary N) is 2. The molecule has 3 rings (SSSR count). The van der Waals surface area contributed by atoms with E-state index in [-0.39, 0.29) is 6.54 Å². The van der Waals surface area contributed by atoms with Crippen LogP contribution in [0, 0.1) is 5.92 Å². The molecule has 2 aromatic rings. The first-order chi connectivity index (χ1) is 12.4. The number of alkyl halides is 3. The number of halogens is 3. The fraction of sp³-hybridized carbons (Fsp3) is 0.421. The number of hydrogen-bond acceptors (Lipinski definition) is 2. The number of aliphatic imine (C=N–C) groups is 1. The van der Waals surface area contributed by atoms with Gasteiger partial charge in [-0.2, -0.15) is 13.2 Å². The van der Waals surface area contributed by atoms with Crippen molar-refractivity contribution in [3.05, 3.63) is 59.5 Å². The van der Waals surface area contributed by atoms with Crippen LogP contribution in [0.25, 0.3) is 0 Å². The van der Waals surface area contributed by atoms with E-state index in [1.165, 1.54) is 6.07 Å². The zero-order chi connectivity index (χ0) is 18.6. The number of furan rings is 1. The molecule has 7 heteroatoms. The Bertz CT molecular complexity index is 741. The smallest absolute Gasteiger partial charge is 0.416 e. The van der Waals surface area contributed by atoms with E-state index in [4.69, 9.17) is 4.42 Å². The van der Waals surface area contributed by atoms with Gasteiger partial charge in [-0.05, 0) is 42.2 Å². The average Bonchev–Trinajstić information content (AvgIpc) is 3.07. The number of benzene rings is 1. The Hall–Kier alpha value is -2.44. The molecule has 2 unspecified atom stereocenters. The normalized spacial score (nSPS) is 20.1. The molecule has 0 amide bonds. The molecule has 140 valence electrons. The maximum atomic E-state index is 12.8. The Labute approximate surface area is 150 Å². The molecule has 0 spiro atoms. The highest BCUT2D eigenvalue weighted by Crippen LogP contribution is 2.30. The van der Waals surface area contributed by atoms with E-state index in [9.17, 15) is 13.2 Å². The third-order valence-corrected chi connectivity index (χ3v) is 4.35. The van der Waals surface area contributed by atoms with E-state index in [1.54, 1.807) is 12.3 Å². The Morgan fingerprint density at radius 1 is 1.27 bits per heavy atom. The molecule has 0 bridgehead atoms. The summed E-state index contributed by atoms with van der Waals surface area (Å²) in [5, 5.41) is 6.54. The minimum Gasteiger partial charge on any atom is -0.469 e. The predicted octanol–water partition coefficient (Wildman–Crippen LogP) is 3.98. The molecule has 1 fully saturated rings. The van der Waals surface area contributed by atoms with Gasteiger partial charge in [0, 0.05) is 19.0 Å². The van der Waals surface area contributed by atoms with Gasteiger partial charge in [0.15, 0.2) is 5.96 Å². The maximum Gasteiger partial charge on any atom is 0.416 e. The molecule has 2 atom stereocenters. The van der Waals surface area contributed by atoms with Crippen molar-refractivity contribution in [2.24, 2.45) is 10.9 Å².